The van der Waals surface area contributed by atoms with Crippen LogP contribution < -0.4 is 0 Å². The van der Waals surface area contributed by atoms with Gasteiger partial charge in [-0.05, 0) is 38.8 Å². The predicted molar refractivity (Wildman–Crippen MR) is 94.5 cm³/mol. The minimum absolute atomic E-state index is 0.528. The molecule has 6 heteroatoms. The summed E-state index contributed by atoms with van der Waals surface area (Å²) in [6.45, 7) is 9.17. The van der Waals surface area contributed by atoms with Gasteiger partial charge in [0.05, 0.1) is 11.2 Å². The van der Waals surface area contributed by atoms with E-state index in [2.05, 4.69) is 52.8 Å². The Kier molecular flexibility index (Phi) is 3.33. The lowest BCUT2D eigenvalue weighted by molar-refractivity contribution is 0.743. The largest absolute Gasteiger partial charge is 0.324 e. The van der Waals surface area contributed by atoms with Crippen LogP contribution >= 0.6 is 0 Å². The number of aryl methyl sites for hydroxylation is 2. The van der Waals surface area contributed by atoms with E-state index in [1.165, 1.54) is 5.56 Å². The third-order valence-corrected chi connectivity index (χ3v) is 4.66. The van der Waals surface area contributed by atoms with Gasteiger partial charge in [0.1, 0.15) is 5.52 Å². The van der Waals surface area contributed by atoms with Crippen molar-refractivity contribution in [3.8, 4) is 5.95 Å². The van der Waals surface area contributed by atoms with Crippen molar-refractivity contribution in [3.05, 3.63) is 41.2 Å². The van der Waals surface area contributed by atoms with E-state index < -0.39 is 0 Å². The lowest BCUT2D eigenvalue weighted by atomic mass is 10.1. The van der Waals surface area contributed by atoms with Crippen LogP contribution in [-0.2, 0) is 13.0 Å². The van der Waals surface area contributed by atoms with Gasteiger partial charge in [0.2, 0.25) is 0 Å². The first-order valence-electron chi connectivity index (χ1n) is 8.32. The topological polar surface area (TPSA) is 61.4 Å². The zero-order chi connectivity index (χ0) is 16.8. The lowest BCUT2D eigenvalue weighted by Crippen LogP contribution is -2.08. The Hall–Kier alpha value is -2.76. The first kappa shape index (κ1) is 14.8. The smallest absolute Gasteiger partial charge is 0.272 e. The number of nitrogens with zero attached hydrogens (tertiary/aromatic N) is 6. The van der Waals surface area contributed by atoms with Crippen molar-refractivity contribution in [1.82, 2.24) is 29.5 Å². The van der Waals surface area contributed by atoms with Gasteiger partial charge < -0.3 is 4.57 Å². The third-order valence-electron chi connectivity index (χ3n) is 4.66. The molecule has 0 unspecified atom stereocenters. The first-order valence-corrected chi connectivity index (χ1v) is 8.32. The van der Waals surface area contributed by atoms with Crippen molar-refractivity contribution in [2.45, 2.75) is 40.7 Å². The highest BCUT2D eigenvalue weighted by molar-refractivity contribution is 6.04. The number of aromatic nitrogens is 6. The van der Waals surface area contributed by atoms with Gasteiger partial charge in [0.25, 0.3) is 5.95 Å². The average Bonchev–Trinajstić information content (AvgIpc) is 3.08. The molecule has 0 N–H and O–H groups in total. The van der Waals surface area contributed by atoms with Gasteiger partial charge in [0, 0.05) is 17.6 Å². The Bertz CT molecular complexity index is 1060. The lowest BCUT2D eigenvalue weighted by Gasteiger charge is -2.04. The van der Waals surface area contributed by atoms with Crippen molar-refractivity contribution in [3.63, 3.8) is 0 Å². The number of hydrogen-bond donors (Lipinski definition) is 0. The van der Waals surface area contributed by atoms with Crippen LogP contribution in [0.3, 0.4) is 0 Å². The maximum absolute atomic E-state index is 4.79. The van der Waals surface area contributed by atoms with Crippen LogP contribution in [0.4, 0.5) is 0 Å². The van der Waals surface area contributed by atoms with Crippen molar-refractivity contribution < 1.29 is 0 Å². The highest BCUT2D eigenvalue weighted by Crippen LogP contribution is 2.26. The molecule has 0 radical (unpaired) electrons. The van der Waals surface area contributed by atoms with Gasteiger partial charge in [-0.2, -0.15) is 10.1 Å². The molecule has 4 rings (SSSR count). The second-order valence-corrected chi connectivity index (χ2v) is 5.96. The zero-order valence-corrected chi connectivity index (χ0v) is 14.4. The minimum Gasteiger partial charge on any atom is -0.324 e. The van der Waals surface area contributed by atoms with Crippen LogP contribution in [0.2, 0.25) is 0 Å². The summed E-state index contributed by atoms with van der Waals surface area (Å²) in [4.78, 5) is 4.79. The van der Waals surface area contributed by atoms with Crippen molar-refractivity contribution in [1.29, 1.82) is 0 Å². The second kappa shape index (κ2) is 5.40. The van der Waals surface area contributed by atoms with E-state index in [-0.39, 0.29) is 0 Å². The van der Waals surface area contributed by atoms with Crippen molar-refractivity contribution in [2.75, 3.05) is 0 Å². The zero-order valence-electron chi connectivity index (χ0n) is 14.4. The monoisotopic (exact) mass is 320 g/mol. The second-order valence-electron chi connectivity index (χ2n) is 5.96. The predicted octanol–water partition coefficient (Wildman–Crippen LogP) is 3.36. The molecule has 0 aliphatic heterocycles. The highest BCUT2D eigenvalue weighted by Gasteiger charge is 2.17. The molecule has 6 nitrogen and oxygen atoms in total. The van der Waals surface area contributed by atoms with Gasteiger partial charge in [-0.15, -0.1) is 10.2 Å². The summed E-state index contributed by atoms with van der Waals surface area (Å²) in [6, 6.07) is 8.22. The summed E-state index contributed by atoms with van der Waals surface area (Å²) in [6.07, 6.45) is 0.947. The van der Waals surface area contributed by atoms with E-state index in [1.54, 1.807) is 4.68 Å². The summed E-state index contributed by atoms with van der Waals surface area (Å²) >= 11 is 0. The molecule has 3 heterocycles. The number of para-hydroxylation sites is 1. The Balaban J connectivity index is 2.01. The first-order chi connectivity index (χ1) is 11.7. The van der Waals surface area contributed by atoms with Crippen LogP contribution in [0.1, 0.15) is 30.8 Å². The van der Waals surface area contributed by atoms with Gasteiger partial charge in [-0.1, -0.05) is 25.1 Å². The Morgan fingerprint density at radius 1 is 1.04 bits per heavy atom. The summed E-state index contributed by atoms with van der Waals surface area (Å²) in [5.74, 6) is 0.528. The molecule has 0 aliphatic rings. The molecule has 4 aromatic rings. The van der Waals surface area contributed by atoms with Crippen LogP contribution in [0.25, 0.3) is 28.0 Å². The number of fused-ring (bicyclic) bond motifs is 3. The van der Waals surface area contributed by atoms with Crippen LogP contribution in [0.15, 0.2) is 24.3 Å². The molecule has 0 fully saturated rings. The molecule has 0 saturated carbocycles. The van der Waals surface area contributed by atoms with Crippen molar-refractivity contribution in [2.24, 2.45) is 0 Å². The van der Waals surface area contributed by atoms with Crippen LogP contribution in [0.5, 0.6) is 0 Å². The van der Waals surface area contributed by atoms with Gasteiger partial charge >= 0.3 is 0 Å². The summed E-state index contributed by atoms with van der Waals surface area (Å²) in [5, 5.41) is 14.5. The maximum atomic E-state index is 4.79. The minimum atomic E-state index is 0.528. The molecule has 0 bridgehead atoms. The molecular weight excluding hydrogens is 300 g/mol. The fourth-order valence-corrected chi connectivity index (χ4v) is 3.49. The summed E-state index contributed by atoms with van der Waals surface area (Å²) in [5.41, 5.74) is 6.18. The average molecular weight is 320 g/mol. The van der Waals surface area contributed by atoms with Crippen molar-refractivity contribution >= 4 is 22.1 Å². The molecule has 0 saturated heterocycles. The van der Waals surface area contributed by atoms with E-state index in [4.69, 9.17) is 4.98 Å². The third kappa shape index (κ3) is 1.95. The molecule has 122 valence electrons. The standard InChI is InChI=1S/C18H20N6/c1-5-13-11(3)22-24(12(13)4)18-19-17-16(20-21-18)14-9-7-8-10-15(14)23(17)6-2/h7-10H,5-6H2,1-4H3. The normalized spacial score (nSPS) is 11.7. The number of benzene rings is 1. The molecule has 0 amide bonds. The molecule has 0 aliphatic carbocycles. The molecule has 24 heavy (non-hydrogen) atoms. The molecule has 3 aromatic heterocycles. The molecule has 0 atom stereocenters. The number of hydrogen-bond acceptors (Lipinski definition) is 4. The molecule has 0 spiro atoms. The SMILES string of the molecule is CCc1c(C)nn(-c2nnc3c4ccccc4n(CC)c3n2)c1C. The number of rotatable bonds is 3. The Morgan fingerprint density at radius 3 is 2.54 bits per heavy atom. The summed E-state index contributed by atoms with van der Waals surface area (Å²) in [7, 11) is 0. The van der Waals surface area contributed by atoms with E-state index in [9.17, 15) is 0 Å². The van der Waals surface area contributed by atoms with Crippen LogP contribution in [0, 0.1) is 13.8 Å². The summed E-state index contributed by atoms with van der Waals surface area (Å²) < 4.78 is 3.98. The quantitative estimate of drug-likeness (QED) is 0.581. The van der Waals surface area contributed by atoms with E-state index in [0.717, 1.165) is 46.4 Å². The Morgan fingerprint density at radius 2 is 1.83 bits per heavy atom. The molecular formula is C18H20N6. The Labute approximate surface area is 140 Å². The van der Waals surface area contributed by atoms with Gasteiger partial charge in [-0.25, -0.2) is 4.68 Å². The van der Waals surface area contributed by atoms with E-state index in [1.807, 2.05) is 19.1 Å². The highest BCUT2D eigenvalue weighted by atomic mass is 15.4. The van der Waals surface area contributed by atoms with Gasteiger partial charge in [-0.3, -0.25) is 0 Å². The van der Waals surface area contributed by atoms with Crippen LogP contribution in [-0.4, -0.2) is 29.5 Å². The van der Waals surface area contributed by atoms with E-state index >= 15 is 0 Å². The van der Waals surface area contributed by atoms with E-state index in [0.29, 0.717) is 5.95 Å². The fourth-order valence-electron chi connectivity index (χ4n) is 3.49. The molecule has 1 aromatic carbocycles. The van der Waals surface area contributed by atoms with Gasteiger partial charge in [0.15, 0.2) is 5.65 Å². The fraction of sp³-hybridized carbons (Fsp3) is 0.333. The maximum Gasteiger partial charge on any atom is 0.272 e.